The van der Waals surface area contributed by atoms with Gasteiger partial charge in [0, 0.05) is 86.2 Å². The van der Waals surface area contributed by atoms with Gasteiger partial charge in [-0.1, -0.05) is 38.1 Å². The molecular formula is C46H48F6N6O12S2. The molecule has 4 heterocycles. The third kappa shape index (κ3) is 13.1. The number of sulfonamides is 2. The third-order valence-corrected chi connectivity index (χ3v) is 14.8. The fourth-order valence-electron chi connectivity index (χ4n) is 9.25. The van der Waals surface area contributed by atoms with E-state index in [1.165, 1.54) is 72.8 Å². The summed E-state index contributed by atoms with van der Waals surface area (Å²) >= 11 is 0. The molecule has 0 saturated carbocycles. The van der Waals surface area contributed by atoms with Crippen LogP contribution in [-0.4, -0.2) is 126 Å². The zero-order chi connectivity index (χ0) is 52.6. The summed E-state index contributed by atoms with van der Waals surface area (Å²) in [5.41, 5.74) is 1.02. The third-order valence-electron chi connectivity index (χ3n) is 12.9. The van der Waals surface area contributed by atoms with E-state index in [1.807, 2.05) is 13.8 Å². The molecule has 18 nitrogen and oxygen atoms in total. The van der Waals surface area contributed by atoms with Crippen LogP contribution in [0.4, 0.5) is 35.9 Å². The molecule has 4 aromatic rings. The highest BCUT2D eigenvalue weighted by Crippen LogP contribution is 2.44. The minimum atomic E-state index is -4.78. The van der Waals surface area contributed by atoms with Crippen molar-refractivity contribution in [2.75, 3.05) is 52.4 Å². The summed E-state index contributed by atoms with van der Waals surface area (Å²) in [5.74, 6) is -1.15. The Balaban J connectivity index is 0.000000211. The van der Waals surface area contributed by atoms with Crippen LogP contribution in [0, 0.1) is 22.7 Å². The first-order valence-corrected chi connectivity index (χ1v) is 24.9. The number of likely N-dealkylation sites (tertiary alicyclic amines) is 4. The van der Waals surface area contributed by atoms with E-state index < -0.39 is 45.0 Å². The number of hydrogen-bond donors (Lipinski definition) is 2. The van der Waals surface area contributed by atoms with Crippen LogP contribution in [0.3, 0.4) is 0 Å². The molecule has 0 radical (unpaired) electrons. The summed E-state index contributed by atoms with van der Waals surface area (Å²) < 4.78 is 138. The lowest BCUT2D eigenvalue weighted by Gasteiger charge is -2.25. The molecule has 0 unspecified atom stereocenters. The molecule has 0 bridgehead atoms. The fourth-order valence-corrected chi connectivity index (χ4v) is 10.3. The SMILES string of the molecule is C[C@@]12CN(C(=O)OCc3ccc(OC(F)(F)F)cc3)C[C@H]1CN(C(=O)c1ccc(S(N)(=O)=O)cc1)C2.C[C@]12CN(C(=O)OCc3ccc(OC(F)(F)F)cc3)C[C@@H]1CN(C(=O)c1ccc(S(N)(=O)=O)cc1)C2. The molecule has 388 valence electrons. The van der Waals surface area contributed by atoms with E-state index >= 15 is 0 Å². The van der Waals surface area contributed by atoms with Gasteiger partial charge >= 0.3 is 24.9 Å². The van der Waals surface area contributed by atoms with Gasteiger partial charge in [-0.15, -0.1) is 26.3 Å². The lowest BCUT2D eigenvalue weighted by molar-refractivity contribution is -0.275. The standard InChI is InChI=1S/2C23H24F3N3O6S/c2*1-22-13-28(20(30)16-4-8-19(9-5-16)36(27,32)33)10-17(22)11-29(14-22)21(31)34-12-15-2-6-18(7-3-15)35-23(24,25)26/h2*2-9,17H,10-14H2,1H3,(H2,27,32,33)/t2*17-,22-/m10/s1. The van der Waals surface area contributed by atoms with Crippen molar-refractivity contribution in [2.24, 2.45) is 32.9 Å². The predicted molar refractivity (Wildman–Crippen MR) is 240 cm³/mol. The molecule has 4 aliphatic heterocycles. The molecule has 4 saturated heterocycles. The number of primary sulfonamides is 2. The van der Waals surface area contributed by atoms with E-state index in [-0.39, 0.29) is 69.0 Å². The van der Waals surface area contributed by atoms with Crippen LogP contribution in [0.1, 0.15) is 45.7 Å². The van der Waals surface area contributed by atoms with Crippen molar-refractivity contribution in [1.29, 1.82) is 0 Å². The Morgan fingerprint density at radius 1 is 0.514 bits per heavy atom. The molecule has 4 fully saturated rings. The Morgan fingerprint density at radius 2 is 0.806 bits per heavy atom. The van der Waals surface area contributed by atoms with Crippen molar-refractivity contribution in [3.63, 3.8) is 0 Å². The van der Waals surface area contributed by atoms with Crippen LogP contribution < -0.4 is 19.8 Å². The van der Waals surface area contributed by atoms with Crippen LogP contribution in [0.15, 0.2) is 107 Å². The van der Waals surface area contributed by atoms with Crippen molar-refractivity contribution in [3.05, 3.63) is 119 Å². The minimum Gasteiger partial charge on any atom is -0.445 e. The van der Waals surface area contributed by atoms with Crippen molar-refractivity contribution in [3.8, 4) is 11.5 Å². The number of hydrogen-bond acceptors (Lipinski definition) is 12. The molecule has 8 rings (SSSR count). The van der Waals surface area contributed by atoms with E-state index in [0.717, 1.165) is 24.3 Å². The summed E-state index contributed by atoms with van der Waals surface area (Å²) in [4.78, 5) is 57.4. The highest BCUT2D eigenvalue weighted by Gasteiger charge is 2.53. The highest BCUT2D eigenvalue weighted by molar-refractivity contribution is 7.89. The molecule has 0 spiro atoms. The maximum atomic E-state index is 12.9. The van der Waals surface area contributed by atoms with Crippen molar-refractivity contribution in [1.82, 2.24) is 19.6 Å². The number of nitrogens with two attached hydrogens (primary N) is 2. The average Bonchev–Trinajstić information content (AvgIpc) is 4.01. The minimum absolute atomic E-state index is 0.0245. The maximum Gasteiger partial charge on any atom is 0.573 e. The Bertz CT molecular complexity index is 2700. The Hall–Kier alpha value is -6.64. The van der Waals surface area contributed by atoms with Gasteiger partial charge in [-0.05, 0) is 83.9 Å². The first-order chi connectivity index (χ1) is 33.5. The van der Waals surface area contributed by atoms with Crippen molar-refractivity contribution >= 4 is 44.0 Å². The van der Waals surface area contributed by atoms with Gasteiger partial charge in [-0.2, -0.15) is 0 Å². The Labute approximate surface area is 409 Å². The van der Waals surface area contributed by atoms with Gasteiger partial charge in [-0.3, -0.25) is 9.59 Å². The topological polar surface area (TPSA) is 238 Å². The van der Waals surface area contributed by atoms with Gasteiger partial charge in [0.2, 0.25) is 20.0 Å². The molecule has 4 atom stereocenters. The van der Waals surface area contributed by atoms with Gasteiger partial charge in [0.05, 0.1) is 9.79 Å². The van der Waals surface area contributed by atoms with Gasteiger partial charge < -0.3 is 38.5 Å². The number of carbonyl (C=O) groups excluding carboxylic acids is 4. The molecule has 4 amide bonds. The number of alkyl halides is 6. The largest absolute Gasteiger partial charge is 0.573 e. The average molecular weight is 1060 g/mol. The van der Waals surface area contributed by atoms with Gasteiger partial charge in [0.1, 0.15) is 24.7 Å². The van der Waals surface area contributed by atoms with E-state index in [4.69, 9.17) is 19.8 Å². The number of rotatable bonds is 10. The van der Waals surface area contributed by atoms with Gasteiger partial charge in [0.25, 0.3) is 11.8 Å². The Kier molecular flexibility index (Phi) is 14.8. The molecular weight excluding hydrogens is 1010 g/mol. The highest BCUT2D eigenvalue weighted by atomic mass is 32.2. The van der Waals surface area contributed by atoms with E-state index in [2.05, 4.69) is 9.47 Å². The van der Waals surface area contributed by atoms with Crippen LogP contribution in [0.2, 0.25) is 0 Å². The van der Waals surface area contributed by atoms with Crippen molar-refractivity contribution in [2.45, 2.75) is 49.6 Å². The summed E-state index contributed by atoms with van der Waals surface area (Å²) in [7, 11) is -7.71. The first-order valence-electron chi connectivity index (χ1n) is 21.8. The number of fused-ring (bicyclic) bond motifs is 2. The molecule has 0 aliphatic carbocycles. The van der Waals surface area contributed by atoms with E-state index in [9.17, 15) is 62.4 Å². The second kappa shape index (κ2) is 20.1. The normalized spacial score (nSPS) is 21.9. The van der Waals surface area contributed by atoms with E-state index in [0.29, 0.717) is 74.6 Å². The number of ether oxygens (including phenoxy) is 4. The number of carbonyl (C=O) groups is 4. The lowest BCUT2D eigenvalue weighted by Crippen LogP contribution is -2.38. The zero-order valence-corrected chi connectivity index (χ0v) is 40.0. The van der Waals surface area contributed by atoms with Crippen LogP contribution in [0.5, 0.6) is 11.5 Å². The van der Waals surface area contributed by atoms with Crippen LogP contribution in [-0.2, 0) is 42.7 Å². The maximum absolute atomic E-state index is 12.9. The quantitative estimate of drug-likeness (QED) is 0.176. The number of nitrogens with zero attached hydrogens (tertiary/aromatic N) is 4. The monoisotopic (exact) mass is 1050 g/mol. The second-order valence-electron chi connectivity index (χ2n) is 18.5. The van der Waals surface area contributed by atoms with Gasteiger partial charge in [0.15, 0.2) is 0 Å². The van der Waals surface area contributed by atoms with Crippen molar-refractivity contribution < 1.29 is 81.3 Å². The molecule has 4 N–H and O–H groups in total. The van der Waals surface area contributed by atoms with Gasteiger partial charge in [-0.25, -0.2) is 36.7 Å². The number of halogens is 6. The summed E-state index contributed by atoms with van der Waals surface area (Å²) in [6.45, 7) is 6.98. The predicted octanol–water partition coefficient (Wildman–Crippen LogP) is 5.93. The first kappa shape index (κ1) is 53.2. The van der Waals surface area contributed by atoms with E-state index in [1.54, 1.807) is 19.6 Å². The number of amides is 4. The molecule has 4 aliphatic rings. The fraction of sp³-hybridized carbons (Fsp3) is 0.391. The zero-order valence-electron chi connectivity index (χ0n) is 38.4. The second-order valence-corrected chi connectivity index (χ2v) is 21.6. The summed E-state index contributed by atoms with van der Waals surface area (Å²) in [5, 5.41) is 10.2. The molecule has 26 heteroatoms. The number of benzene rings is 4. The molecule has 0 aromatic heterocycles. The van der Waals surface area contributed by atoms with Crippen LogP contribution in [0.25, 0.3) is 0 Å². The summed E-state index contributed by atoms with van der Waals surface area (Å²) in [6.07, 6.45) is -10.7. The molecule has 4 aromatic carbocycles. The summed E-state index contributed by atoms with van der Waals surface area (Å²) in [6, 6.07) is 20.9. The smallest absolute Gasteiger partial charge is 0.445 e. The molecule has 72 heavy (non-hydrogen) atoms. The Morgan fingerprint density at radius 3 is 1.08 bits per heavy atom. The lowest BCUT2D eigenvalue weighted by atomic mass is 9.83. The van der Waals surface area contributed by atoms with Crippen LogP contribution >= 0.6 is 0 Å².